The molecule has 0 amide bonds. The highest BCUT2D eigenvalue weighted by Gasteiger charge is 2.23. The van der Waals surface area contributed by atoms with Crippen LogP contribution in [0.5, 0.6) is 11.5 Å². The minimum atomic E-state index is -0.833. The first-order chi connectivity index (χ1) is 18.7. The lowest BCUT2D eigenvalue weighted by Crippen LogP contribution is -2.18. The molecule has 2 heterocycles. The first-order valence-corrected chi connectivity index (χ1v) is 12.2. The summed E-state index contributed by atoms with van der Waals surface area (Å²) in [4.78, 5) is 32.9. The van der Waals surface area contributed by atoms with Crippen molar-refractivity contribution < 1.29 is 19.4 Å². The molecule has 0 radical (unpaired) electrons. The van der Waals surface area contributed by atoms with Gasteiger partial charge in [-0.25, -0.2) is 14.8 Å². The molecule has 204 valence electrons. The standard InChI is InChI=1S/C25H27N7O3.C2H4O2/c1-3-34-19-13-18(14-20(15-19)35-4-2)21(12-16-6-8-17(9-7-16)22(26)27)23-30-25(33)32(31-23)24-28-10-5-11-29-24;1-2(3)4/h5-11,13-15,21H,3-4,12H2,1-2H3,(H3,26,27)(H,30,31,33);1H3,(H,3,4). The van der Waals surface area contributed by atoms with Crippen molar-refractivity contribution in [3.05, 3.63) is 93.9 Å². The molecule has 0 aliphatic carbocycles. The van der Waals surface area contributed by atoms with Gasteiger partial charge in [-0.05, 0) is 49.6 Å². The first kappa shape index (κ1) is 28.6. The van der Waals surface area contributed by atoms with Crippen molar-refractivity contribution in [2.24, 2.45) is 5.73 Å². The molecule has 12 nitrogen and oxygen atoms in total. The van der Waals surface area contributed by atoms with Crippen LogP contribution in [-0.2, 0) is 11.2 Å². The molecule has 0 fully saturated rings. The second-order valence-corrected chi connectivity index (χ2v) is 8.27. The summed E-state index contributed by atoms with van der Waals surface area (Å²) in [5.74, 6) is 0.800. The van der Waals surface area contributed by atoms with Gasteiger partial charge < -0.3 is 20.3 Å². The van der Waals surface area contributed by atoms with Gasteiger partial charge >= 0.3 is 5.69 Å². The van der Waals surface area contributed by atoms with Crippen molar-refractivity contribution in [1.29, 1.82) is 5.41 Å². The van der Waals surface area contributed by atoms with Crippen LogP contribution in [0.3, 0.4) is 0 Å². The zero-order valence-corrected chi connectivity index (χ0v) is 21.9. The lowest BCUT2D eigenvalue weighted by Gasteiger charge is -2.18. The summed E-state index contributed by atoms with van der Waals surface area (Å²) < 4.78 is 12.7. The number of H-pyrrole nitrogens is 1. The molecule has 0 bridgehead atoms. The molecule has 2 aromatic heterocycles. The van der Waals surface area contributed by atoms with Crippen molar-refractivity contribution >= 4 is 11.8 Å². The summed E-state index contributed by atoms with van der Waals surface area (Å²) in [6.07, 6.45) is 3.62. The van der Waals surface area contributed by atoms with E-state index in [0.717, 1.165) is 22.7 Å². The summed E-state index contributed by atoms with van der Waals surface area (Å²) >= 11 is 0. The Morgan fingerprint density at radius 3 is 2.15 bits per heavy atom. The molecule has 0 aliphatic rings. The largest absolute Gasteiger partial charge is 0.494 e. The number of carboxylic acid groups (broad SMARTS) is 1. The molecule has 2 aromatic carbocycles. The Kier molecular flexibility index (Phi) is 9.90. The summed E-state index contributed by atoms with van der Waals surface area (Å²) in [5, 5.41) is 19.6. The number of nitrogen functional groups attached to an aromatic ring is 1. The molecule has 4 aromatic rings. The quantitative estimate of drug-likeness (QED) is 0.176. The number of carboxylic acids is 1. The van der Waals surface area contributed by atoms with E-state index >= 15 is 0 Å². The number of nitrogens with two attached hydrogens (primary N) is 1. The van der Waals surface area contributed by atoms with Crippen LogP contribution in [0.4, 0.5) is 0 Å². The molecule has 0 saturated carbocycles. The average molecular weight is 534 g/mol. The monoisotopic (exact) mass is 533 g/mol. The summed E-state index contributed by atoms with van der Waals surface area (Å²) in [6, 6.07) is 14.8. The fourth-order valence-corrected chi connectivity index (χ4v) is 3.76. The maximum atomic E-state index is 12.8. The van der Waals surface area contributed by atoms with Crippen molar-refractivity contribution in [1.82, 2.24) is 24.7 Å². The minimum absolute atomic E-state index is 0.00445. The molecule has 0 aliphatic heterocycles. The van der Waals surface area contributed by atoms with Gasteiger partial charge in [0.2, 0.25) is 0 Å². The van der Waals surface area contributed by atoms with Crippen LogP contribution in [0, 0.1) is 5.41 Å². The van der Waals surface area contributed by atoms with Crippen LogP contribution in [0.1, 0.15) is 49.2 Å². The third kappa shape index (κ3) is 7.99. The number of hydrogen-bond donors (Lipinski definition) is 4. The van der Waals surface area contributed by atoms with Gasteiger partial charge in [-0.15, -0.1) is 9.78 Å². The highest BCUT2D eigenvalue weighted by atomic mass is 16.5. The van der Waals surface area contributed by atoms with Gasteiger partial charge in [-0.3, -0.25) is 15.2 Å². The number of aromatic amines is 1. The van der Waals surface area contributed by atoms with E-state index in [0.29, 0.717) is 42.5 Å². The number of ether oxygens (including phenoxy) is 2. The van der Waals surface area contributed by atoms with Crippen LogP contribution in [0.2, 0.25) is 0 Å². The van der Waals surface area contributed by atoms with E-state index in [9.17, 15) is 4.79 Å². The Morgan fingerprint density at radius 2 is 1.64 bits per heavy atom. The minimum Gasteiger partial charge on any atom is -0.494 e. The van der Waals surface area contributed by atoms with Gasteiger partial charge in [0.15, 0.2) is 0 Å². The number of rotatable bonds is 10. The van der Waals surface area contributed by atoms with Crippen LogP contribution < -0.4 is 20.9 Å². The van der Waals surface area contributed by atoms with Crippen LogP contribution in [-0.4, -0.2) is 54.9 Å². The molecule has 39 heavy (non-hydrogen) atoms. The number of aliphatic carboxylic acids is 1. The number of nitrogens with one attached hydrogen (secondary N) is 2. The zero-order valence-electron chi connectivity index (χ0n) is 21.9. The SMILES string of the molecule is CC(=O)O.CCOc1cc(OCC)cc(C(Cc2ccc(C(=N)N)cc2)c2nn(-c3ncccn3)c(=O)[nH]2)c1. The van der Waals surface area contributed by atoms with Crippen LogP contribution >= 0.6 is 0 Å². The Bertz CT molecular complexity index is 1420. The third-order valence-electron chi connectivity index (χ3n) is 5.34. The molecule has 1 atom stereocenters. The van der Waals surface area contributed by atoms with Crippen molar-refractivity contribution in [3.63, 3.8) is 0 Å². The van der Waals surface area contributed by atoms with Gasteiger partial charge in [0, 0.05) is 36.9 Å². The van der Waals surface area contributed by atoms with Gasteiger partial charge in [0.05, 0.1) is 13.2 Å². The van der Waals surface area contributed by atoms with E-state index in [2.05, 4.69) is 20.1 Å². The molecule has 0 saturated heterocycles. The van der Waals surface area contributed by atoms with Gasteiger partial charge in [0.25, 0.3) is 11.9 Å². The van der Waals surface area contributed by atoms with Gasteiger partial charge in [-0.2, -0.15) is 0 Å². The smallest absolute Gasteiger partial charge is 0.350 e. The maximum Gasteiger partial charge on any atom is 0.350 e. The number of nitrogens with zero attached hydrogens (tertiary/aromatic N) is 4. The van der Waals surface area contributed by atoms with Crippen molar-refractivity contribution in [2.45, 2.75) is 33.1 Å². The Morgan fingerprint density at radius 1 is 1.08 bits per heavy atom. The van der Waals surface area contributed by atoms with Crippen LogP contribution in [0.15, 0.2) is 65.7 Å². The van der Waals surface area contributed by atoms with Gasteiger partial charge in [-0.1, -0.05) is 24.3 Å². The number of amidine groups is 1. The fraction of sp³-hybridized carbons (Fsp3) is 0.259. The van der Waals surface area contributed by atoms with E-state index < -0.39 is 11.7 Å². The molecular weight excluding hydrogens is 502 g/mol. The zero-order chi connectivity index (χ0) is 28.4. The Labute approximate surface area is 225 Å². The topological polar surface area (TPSA) is 182 Å². The van der Waals surface area contributed by atoms with Gasteiger partial charge in [0.1, 0.15) is 23.2 Å². The molecule has 5 N–H and O–H groups in total. The third-order valence-corrected chi connectivity index (χ3v) is 5.34. The second kappa shape index (κ2) is 13.5. The average Bonchev–Trinajstić information content (AvgIpc) is 3.29. The fourth-order valence-electron chi connectivity index (χ4n) is 3.76. The molecule has 1 unspecified atom stereocenters. The highest BCUT2D eigenvalue weighted by molar-refractivity contribution is 5.94. The summed E-state index contributed by atoms with van der Waals surface area (Å²) in [7, 11) is 0. The molecule has 12 heteroatoms. The predicted molar refractivity (Wildman–Crippen MR) is 145 cm³/mol. The highest BCUT2D eigenvalue weighted by Crippen LogP contribution is 2.32. The molecule has 4 rings (SSSR count). The van der Waals surface area contributed by atoms with E-state index in [1.54, 1.807) is 30.6 Å². The van der Waals surface area contributed by atoms with E-state index in [1.807, 2.05) is 44.2 Å². The normalized spacial score (nSPS) is 11.2. The Hall–Kier alpha value is -5.00. The number of benzene rings is 2. The Balaban J connectivity index is 0.000000983. The van der Waals surface area contributed by atoms with Crippen molar-refractivity contribution in [3.8, 4) is 17.4 Å². The van der Waals surface area contributed by atoms with Crippen LogP contribution in [0.25, 0.3) is 5.95 Å². The number of hydrogen-bond acceptors (Lipinski definition) is 8. The first-order valence-electron chi connectivity index (χ1n) is 12.2. The number of carbonyl (C=O) groups is 1. The summed E-state index contributed by atoms with van der Waals surface area (Å²) in [5.41, 5.74) is 7.65. The number of aromatic nitrogens is 5. The molecular formula is C27H31N7O5. The lowest BCUT2D eigenvalue weighted by molar-refractivity contribution is -0.134. The lowest BCUT2D eigenvalue weighted by atomic mass is 9.90. The maximum absolute atomic E-state index is 12.8. The second-order valence-electron chi connectivity index (χ2n) is 8.27. The summed E-state index contributed by atoms with van der Waals surface area (Å²) in [6.45, 7) is 5.92. The molecule has 0 spiro atoms. The van der Waals surface area contributed by atoms with E-state index in [-0.39, 0.29) is 17.7 Å². The van der Waals surface area contributed by atoms with E-state index in [1.165, 1.54) is 0 Å². The van der Waals surface area contributed by atoms with Crippen molar-refractivity contribution in [2.75, 3.05) is 13.2 Å². The predicted octanol–water partition coefficient (Wildman–Crippen LogP) is 2.90. The van der Waals surface area contributed by atoms with E-state index in [4.69, 9.17) is 30.5 Å².